The van der Waals surface area contributed by atoms with Gasteiger partial charge in [-0.25, -0.2) is 0 Å². The molecule has 4 nitrogen and oxygen atoms in total. The molecule has 0 fully saturated rings. The molecule has 0 aliphatic heterocycles. The van der Waals surface area contributed by atoms with Gasteiger partial charge in [0.1, 0.15) is 12.4 Å². The lowest BCUT2D eigenvalue weighted by Gasteiger charge is -2.16. The summed E-state index contributed by atoms with van der Waals surface area (Å²) in [7, 11) is 0. The van der Waals surface area contributed by atoms with E-state index in [1.807, 2.05) is 30.3 Å². The van der Waals surface area contributed by atoms with Gasteiger partial charge in [0.2, 0.25) is 0 Å². The molecule has 0 saturated carbocycles. The smallest absolute Gasteiger partial charge is 0.119 e. The number of hydrogen-bond donors (Lipinski definition) is 2. The van der Waals surface area contributed by atoms with E-state index in [1.165, 1.54) is 0 Å². The Bertz CT molecular complexity index is 292. The van der Waals surface area contributed by atoms with Crippen LogP contribution < -0.4 is 10.1 Å². The van der Waals surface area contributed by atoms with Gasteiger partial charge in [-0.3, -0.25) is 0 Å². The number of aliphatic hydroxyl groups is 1. The first-order valence-corrected chi connectivity index (χ1v) is 6.46. The first-order chi connectivity index (χ1) is 8.86. The van der Waals surface area contributed by atoms with Crippen LogP contribution in [0.4, 0.5) is 0 Å². The fraction of sp³-hybridized carbons (Fsp3) is 0.571. The molecule has 0 heterocycles. The number of rotatable bonds is 10. The van der Waals surface area contributed by atoms with Crippen LogP contribution in [0, 0.1) is 0 Å². The molecule has 4 heteroatoms. The lowest BCUT2D eigenvalue weighted by Crippen LogP contribution is -2.37. The molecule has 1 aromatic rings. The first-order valence-electron chi connectivity index (χ1n) is 6.46. The molecule has 0 saturated heterocycles. The van der Waals surface area contributed by atoms with Crippen molar-refractivity contribution in [2.24, 2.45) is 0 Å². The third kappa shape index (κ3) is 6.59. The molecule has 1 rings (SSSR count). The average Bonchev–Trinajstić information content (AvgIpc) is 2.43. The third-order valence-electron chi connectivity index (χ3n) is 2.46. The molecule has 0 aliphatic rings. The molecule has 2 N–H and O–H groups in total. The van der Waals surface area contributed by atoms with Crippen molar-refractivity contribution in [1.82, 2.24) is 5.32 Å². The second-order valence-corrected chi connectivity index (χ2v) is 4.07. The van der Waals surface area contributed by atoms with Gasteiger partial charge in [0, 0.05) is 0 Å². The maximum Gasteiger partial charge on any atom is 0.119 e. The predicted molar refractivity (Wildman–Crippen MR) is 71.9 cm³/mol. The van der Waals surface area contributed by atoms with E-state index in [9.17, 15) is 0 Å². The first kappa shape index (κ1) is 15.0. The molecule has 1 aromatic carbocycles. The highest BCUT2D eigenvalue weighted by Gasteiger charge is 2.05. The Balaban J connectivity index is 2.03. The van der Waals surface area contributed by atoms with Crippen molar-refractivity contribution in [2.45, 2.75) is 19.4 Å². The molecule has 102 valence electrons. The van der Waals surface area contributed by atoms with Gasteiger partial charge in [0.15, 0.2) is 0 Å². The van der Waals surface area contributed by atoms with Crippen molar-refractivity contribution >= 4 is 0 Å². The normalized spacial score (nSPS) is 12.3. The molecule has 1 atom stereocenters. The Morgan fingerprint density at radius 3 is 2.67 bits per heavy atom. The largest absolute Gasteiger partial charge is 0.491 e. The zero-order valence-electron chi connectivity index (χ0n) is 11.0. The van der Waals surface area contributed by atoms with Crippen molar-refractivity contribution in [3.8, 4) is 5.75 Å². The quantitative estimate of drug-likeness (QED) is 0.620. The van der Waals surface area contributed by atoms with E-state index in [0.717, 1.165) is 18.7 Å². The predicted octanol–water partition coefficient (Wildman–Crippen LogP) is 1.44. The van der Waals surface area contributed by atoms with Crippen LogP contribution in [0.5, 0.6) is 5.75 Å². The molecule has 1 unspecified atom stereocenters. The molecular formula is C14H23NO3. The van der Waals surface area contributed by atoms with Crippen LogP contribution in [0.1, 0.15) is 13.3 Å². The van der Waals surface area contributed by atoms with Gasteiger partial charge in [0.25, 0.3) is 0 Å². The summed E-state index contributed by atoms with van der Waals surface area (Å²) >= 11 is 0. The van der Waals surface area contributed by atoms with E-state index in [1.54, 1.807) is 0 Å². The molecule has 0 radical (unpaired) electrons. The summed E-state index contributed by atoms with van der Waals surface area (Å²) in [4.78, 5) is 0. The van der Waals surface area contributed by atoms with E-state index in [4.69, 9.17) is 14.6 Å². The van der Waals surface area contributed by atoms with Crippen LogP contribution in [-0.4, -0.2) is 44.1 Å². The van der Waals surface area contributed by atoms with Crippen molar-refractivity contribution in [3.63, 3.8) is 0 Å². The van der Waals surface area contributed by atoms with Crippen molar-refractivity contribution < 1.29 is 14.6 Å². The van der Waals surface area contributed by atoms with Gasteiger partial charge in [-0.15, -0.1) is 0 Å². The van der Waals surface area contributed by atoms with Gasteiger partial charge in [-0.2, -0.15) is 0 Å². The van der Waals surface area contributed by atoms with Crippen LogP contribution >= 0.6 is 0 Å². The zero-order valence-corrected chi connectivity index (χ0v) is 11.0. The third-order valence-corrected chi connectivity index (χ3v) is 2.46. The van der Waals surface area contributed by atoms with Crippen molar-refractivity contribution in [1.29, 1.82) is 0 Å². The topological polar surface area (TPSA) is 50.7 Å². The Labute approximate surface area is 109 Å². The highest BCUT2D eigenvalue weighted by atomic mass is 16.5. The SMILES string of the molecule is CCCNC(CO)COCCOc1ccccc1. The molecule has 18 heavy (non-hydrogen) atoms. The molecule has 0 spiro atoms. The van der Waals surface area contributed by atoms with Gasteiger partial charge >= 0.3 is 0 Å². The van der Waals surface area contributed by atoms with E-state index < -0.39 is 0 Å². The standard InChI is InChI=1S/C14H23NO3/c1-2-8-15-13(11-16)12-17-9-10-18-14-6-4-3-5-7-14/h3-7,13,15-16H,2,8-12H2,1H3. The summed E-state index contributed by atoms with van der Waals surface area (Å²) in [6, 6.07) is 9.67. The molecular weight excluding hydrogens is 230 g/mol. The van der Waals surface area contributed by atoms with Gasteiger partial charge in [-0.05, 0) is 25.1 Å². The van der Waals surface area contributed by atoms with Crippen LogP contribution in [0.2, 0.25) is 0 Å². The Morgan fingerprint density at radius 1 is 1.22 bits per heavy atom. The Kier molecular flexibility index (Phi) is 8.21. The molecule has 0 aliphatic carbocycles. The molecule has 0 amide bonds. The maximum absolute atomic E-state index is 9.11. The van der Waals surface area contributed by atoms with Crippen LogP contribution in [0.25, 0.3) is 0 Å². The number of benzene rings is 1. The summed E-state index contributed by atoms with van der Waals surface area (Å²) < 4.78 is 11.0. The van der Waals surface area contributed by atoms with E-state index in [-0.39, 0.29) is 12.6 Å². The van der Waals surface area contributed by atoms with Crippen molar-refractivity contribution in [2.75, 3.05) is 33.0 Å². The van der Waals surface area contributed by atoms with E-state index in [0.29, 0.717) is 19.8 Å². The highest BCUT2D eigenvalue weighted by Crippen LogP contribution is 2.07. The molecule has 0 aromatic heterocycles. The fourth-order valence-electron chi connectivity index (χ4n) is 1.49. The number of para-hydroxylation sites is 1. The van der Waals surface area contributed by atoms with Gasteiger partial charge in [0.05, 0.1) is 25.9 Å². The van der Waals surface area contributed by atoms with Crippen LogP contribution in [0.15, 0.2) is 30.3 Å². The lowest BCUT2D eigenvalue weighted by molar-refractivity contribution is 0.0680. The maximum atomic E-state index is 9.11. The number of nitrogens with one attached hydrogen (secondary N) is 1. The summed E-state index contributed by atoms with van der Waals surface area (Å²) in [6.45, 7) is 4.65. The zero-order chi connectivity index (χ0) is 13.1. The lowest BCUT2D eigenvalue weighted by atomic mass is 10.3. The minimum absolute atomic E-state index is 0.0154. The number of ether oxygens (including phenoxy) is 2. The minimum Gasteiger partial charge on any atom is -0.491 e. The summed E-state index contributed by atoms with van der Waals surface area (Å²) in [6.07, 6.45) is 1.05. The monoisotopic (exact) mass is 253 g/mol. The summed E-state index contributed by atoms with van der Waals surface area (Å²) in [5, 5.41) is 12.3. The Hall–Kier alpha value is -1.10. The van der Waals surface area contributed by atoms with Crippen LogP contribution in [-0.2, 0) is 4.74 Å². The van der Waals surface area contributed by atoms with E-state index >= 15 is 0 Å². The fourth-order valence-corrected chi connectivity index (χ4v) is 1.49. The molecule has 0 bridgehead atoms. The summed E-state index contributed by atoms with van der Waals surface area (Å²) in [5.41, 5.74) is 0. The summed E-state index contributed by atoms with van der Waals surface area (Å²) in [5.74, 6) is 0.851. The number of aliphatic hydroxyl groups excluding tert-OH is 1. The average molecular weight is 253 g/mol. The second-order valence-electron chi connectivity index (χ2n) is 4.07. The number of hydrogen-bond acceptors (Lipinski definition) is 4. The highest BCUT2D eigenvalue weighted by molar-refractivity contribution is 5.20. The van der Waals surface area contributed by atoms with Gasteiger partial charge < -0.3 is 19.9 Å². The van der Waals surface area contributed by atoms with E-state index in [2.05, 4.69) is 12.2 Å². The van der Waals surface area contributed by atoms with Gasteiger partial charge in [-0.1, -0.05) is 25.1 Å². The second kappa shape index (κ2) is 9.88. The minimum atomic E-state index is 0.0154. The van der Waals surface area contributed by atoms with Crippen molar-refractivity contribution in [3.05, 3.63) is 30.3 Å². The van der Waals surface area contributed by atoms with Crippen LogP contribution in [0.3, 0.4) is 0 Å². The Morgan fingerprint density at radius 2 is 2.00 bits per heavy atom.